The molecule has 86 valence electrons. The molecule has 2 heteroatoms. The first-order valence-electron chi connectivity index (χ1n) is 5.74. The lowest BCUT2D eigenvalue weighted by molar-refractivity contribution is 0.182. The standard InChI is InChI=1S/C15H15NO/c1-3-17-10-6-8-13-11-14-7-4-5-9-15(14)16-12(13)2/h4-5,7,9,11H,3,10H2,1-2H3. The van der Waals surface area contributed by atoms with Gasteiger partial charge in [0.15, 0.2) is 0 Å². The van der Waals surface area contributed by atoms with Crippen LogP contribution in [0.4, 0.5) is 0 Å². The van der Waals surface area contributed by atoms with Gasteiger partial charge in [-0.25, -0.2) is 0 Å². The summed E-state index contributed by atoms with van der Waals surface area (Å²) in [5.41, 5.74) is 2.96. The lowest BCUT2D eigenvalue weighted by atomic mass is 10.1. The average Bonchev–Trinajstić information content (AvgIpc) is 2.35. The van der Waals surface area contributed by atoms with Crippen LogP contribution in [0.25, 0.3) is 10.9 Å². The minimum Gasteiger partial charge on any atom is -0.369 e. The number of hydrogen-bond donors (Lipinski definition) is 0. The van der Waals surface area contributed by atoms with Crippen LogP contribution in [0.1, 0.15) is 18.2 Å². The lowest BCUT2D eigenvalue weighted by Crippen LogP contribution is -1.91. The SMILES string of the molecule is CCOCC#Cc1cc2ccccc2nc1C. The number of ether oxygens (including phenoxy) is 1. The summed E-state index contributed by atoms with van der Waals surface area (Å²) in [6.07, 6.45) is 0. The molecular weight excluding hydrogens is 210 g/mol. The predicted octanol–water partition coefficient (Wildman–Crippen LogP) is 2.93. The quantitative estimate of drug-likeness (QED) is 0.579. The second-order valence-electron chi connectivity index (χ2n) is 3.75. The van der Waals surface area contributed by atoms with E-state index in [1.807, 2.05) is 32.0 Å². The van der Waals surface area contributed by atoms with Gasteiger partial charge in [0.1, 0.15) is 6.61 Å². The summed E-state index contributed by atoms with van der Waals surface area (Å²) >= 11 is 0. The van der Waals surface area contributed by atoms with Gasteiger partial charge in [0, 0.05) is 17.6 Å². The molecule has 1 heterocycles. The van der Waals surface area contributed by atoms with E-state index in [1.165, 1.54) is 0 Å². The molecule has 1 aromatic carbocycles. The molecule has 0 spiro atoms. The first-order chi connectivity index (χ1) is 8.31. The fraction of sp³-hybridized carbons (Fsp3) is 0.267. The molecule has 0 saturated heterocycles. The molecular formula is C15H15NO. The summed E-state index contributed by atoms with van der Waals surface area (Å²) in [6, 6.07) is 10.2. The van der Waals surface area contributed by atoms with Crippen molar-refractivity contribution in [2.24, 2.45) is 0 Å². The number of rotatable bonds is 2. The number of fused-ring (bicyclic) bond motifs is 1. The van der Waals surface area contributed by atoms with E-state index in [-0.39, 0.29) is 0 Å². The Morgan fingerprint density at radius 3 is 2.94 bits per heavy atom. The average molecular weight is 225 g/mol. The Balaban J connectivity index is 2.33. The van der Waals surface area contributed by atoms with Gasteiger partial charge in [0.05, 0.1) is 11.2 Å². The van der Waals surface area contributed by atoms with E-state index in [9.17, 15) is 0 Å². The predicted molar refractivity (Wildman–Crippen MR) is 69.9 cm³/mol. The Kier molecular flexibility index (Phi) is 3.74. The van der Waals surface area contributed by atoms with Gasteiger partial charge in [-0.3, -0.25) is 4.98 Å². The Morgan fingerprint density at radius 1 is 1.29 bits per heavy atom. The maximum atomic E-state index is 5.19. The molecule has 0 radical (unpaired) electrons. The molecule has 17 heavy (non-hydrogen) atoms. The van der Waals surface area contributed by atoms with Crippen LogP contribution in [-0.2, 0) is 4.74 Å². The van der Waals surface area contributed by atoms with Gasteiger partial charge in [-0.15, -0.1) is 0 Å². The lowest BCUT2D eigenvalue weighted by Gasteiger charge is -2.01. The number of pyridine rings is 1. The first-order valence-corrected chi connectivity index (χ1v) is 5.74. The van der Waals surface area contributed by atoms with E-state index in [1.54, 1.807) is 0 Å². The second-order valence-corrected chi connectivity index (χ2v) is 3.75. The normalized spacial score (nSPS) is 10.0. The van der Waals surface area contributed by atoms with Crippen molar-refractivity contribution in [3.05, 3.63) is 41.6 Å². The number of nitrogens with zero attached hydrogens (tertiary/aromatic N) is 1. The smallest absolute Gasteiger partial charge is 0.108 e. The summed E-state index contributed by atoms with van der Waals surface area (Å²) in [7, 11) is 0. The van der Waals surface area contributed by atoms with Gasteiger partial charge < -0.3 is 4.74 Å². The molecule has 2 nitrogen and oxygen atoms in total. The molecule has 0 bridgehead atoms. The maximum absolute atomic E-state index is 5.19. The van der Waals surface area contributed by atoms with Crippen LogP contribution in [0.15, 0.2) is 30.3 Å². The van der Waals surface area contributed by atoms with Crippen molar-refractivity contribution in [1.29, 1.82) is 0 Å². The van der Waals surface area contributed by atoms with Crippen LogP contribution >= 0.6 is 0 Å². The van der Waals surface area contributed by atoms with Crippen LogP contribution in [0.3, 0.4) is 0 Å². The highest BCUT2D eigenvalue weighted by molar-refractivity contribution is 5.80. The topological polar surface area (TPSA) is 22.1 Å². The Labute approximate surface area is 102 Å². The van der Waals surface area contributed by atoms with Crippen LogP contribution < -0.4 is 0 Å². The molecule has 2 rings (SSSR count). The summed E-state index contributed by atoms with van der Waals surface area (Å²) < 4.78 is 5.19. The molecule has 0 aliphatic carbocycles. The largest absolute Gasteiger partial charge is 0.369 e. The summed E-state index contributed by atoms with van der Waals surface area (Å²) in [6.45, 7) is 5.12. The third-order valence-electron chi connectivity index (χ3n) is 2.52. The van der Waals surface area contributed by atoms with E-state index in [0.717, 1.165) is 22.2 Å². The van der Waals surface area contributed by atoms with Crippen molar-refractivity contribution in [1.82, 2.24) is 4.98 Å². The minimum absolute atomic E-state index is 0.475. The number of para-hydroxylation sites is 1. The molecule has 0 N–H and O–H groups in total. The minimum atomic E-state index is 0.475. The van der Waals surface area contributed by atoms with E-state index in [2.05, 4.69) is 29.0 Å². The highest BCUT2D eigenvalue weighted by atomic mass is 16.5. The molecule has 2 aromatic rings. The Hall–Kier alpha value is -1.85. The zero-order chi connectivity index (χ0) is 12.1. The Bertz CT molecular complexity index is 578. The summed E-state index contributed by atoms with van der Waals surface area (Å²) in [5, 5.41) is 1.12. The zero-order valence-corrected chi connectivity index (χ0v) is 10.2. The van der Waals surface area contributed by atoms with Gasteiger partial charge in [-0.1, -0.05) is 30.0 Å². The fourth-order valence-corrected chi connectivity index (χ4v) is 1.62. The summed E-state index contributed by atoms with van der Waals surface area (Å²) in [5.74, 6) is 6.10. The highest BCUT2D eigenvalue weighted by Crippen LogP contribution is 2.15. The number of aryl methyl sites for hydroxylation is 1. The molecule has 0 amide bonds. The molecule has 0 unspecified atom stereocenters. The van der Waals surface area contributed by atoms with Crippen molar-refractivity contribution in [2.75, 3.05) is 13.2 Å². The molecule has 0 saturated carbocycles. The number of hydrogen-bond acceptors (Lipinski definition) is 2. The van der Waals surface area contributed by atoms with Crippen LogP contribution in [-0.4, -0.2) is 18.2 Å². The first kappa shape index (κ1) is 11.6. The van der Waals surface area contributed by atoms with E-state index < -0.39 is 0 Å². The van der Waals surface area contributed by atoms with Crippen LogP contribution in [0, 0.1) is 18.8 Å². The van der Waals surface area contributed by atoms with Crippen LogP contribution in [0.2, 0.25) is 0 Å². The van der Waals surface area contributed by atoms with Gasteiger partial charge >= 0.3 is 0 Å². The second kappa shape index (κ2) is 5.47. The summed E-state index contributed by atoms with van der Waals surface area (Å²) in [4.78, 5) is 4.53. The van der Waals surface area contributed by atoms with Gasteiger partial charge in [-0.05, 0) is 26.0 Å². The number of benzene rings is 1. The van der Waals surface area contributed by atoms with Crippen molar-refractivity contribution >= 4 is 10.9 Å². The zero-order valence-electron chi connectivity index (χ0n) is 10.2. The monoisotopic (exact) mass is 225 g/mol. The number of aromatic nitrogens is 1. The van der Waals surface area contributed by atoms with Crippen molar-refractivity contribution in [2.45, 2.75) is 13.8 Å². The van der Waals surface area contributed by atoms with E-state index in [0.29, 0.717) is 13.2 Å². The third-order valence-corrected chi connectivity index (χ3v) is 2.52. The van der Waals surface area contributed by atoms with Gasteiger partial charge in [0.25, 0.3) is 0 Å². The van der Waals surface area contributed by atoms with Crippen molar-refractivity contribution in [3.63, 3.8) is 0 Å². The molecule has 0 atom stereocenters. The molecule has 0 aliphatic rings. The van der Waals surface area contributed by atoms with E-state index in [4.69, 9.17) is 4.74 Å². The van der Waals surface area contributed by atoms with Gasteiger partial charge in [0.2, 0.25) is 0 Å². The molecule has 1 aromatic heterocycles. The van der Waals surface area contributed by atoms with Crippen molar-refractivity contribution in [3.8, 4) is 11.8 Å². The maximum Gasteiger partial charge on any atom is 0.108 e. The highest BCUT2D eigenvalue weighted by Gasteiger charge is 1.99. The Morgan fingerprint density at radius 2 is 2.12 bits per heavy atom. The van der Waals surface area contributed by atoms with Crippen LogP contribution in [0.5, 0.6) is 0 Å². The van der Waals surface area contributed by atoms with E-state index >= 15 is 0 Å². The van der Waals surface area contributed by atoms with Crippen molar-refractivity contribution < 1.29 is 4.74 Å². The molecule has 0 fully saturated rings. The van der Waals surface area contributed by atoms with Gasteiger partial charge in [-0.2, -0.15) is 0 Å². The fourth-order valence-electron chi connectivity index (χ4n) is 1.62. The molecule has 0 aliphatic heterocycles. The third kappa shape index (κ3) is 2.83.